The molecule has 1 atom stereocenters. The van der Waals surface area contributed by atoms with Crippen LogP contribution in [0.1, 0.15) is 23.4 Å². The number of pyridine rings is 1. The van der Waals surface area contributed by atoms with Crippen molar-refractivity contribution in [3.05, 3.63) is 41.5 Å². The van der Waals surface area contributed by atoms with Gasteiger partial charge in [0.2, 0.25) is 0 Å². The molecule has 1 aliphatic rings. The van der Waals surface area contributed by atoms with Gasteiger partial charge in [-0.25, -0.2) is 0 Å². The fourth-order valence-electron chi connectivity index (χ4n) is 2.57. The summed E-state index contributed by atoms with van der Waals surface area (Å²) in [6, 6.07) is 4.26. The number of hydrogen-bond donors (Lipinski definition) is 1. The highest BCUT2D eigenvalue weighted by molar-refractivity contribution is 5.23. The summed E-state index contributed by atoms with van der Waals surface area (Å²) in [5, 5.41) is 3.12. The van der Waals surface area contributed by atoms with Crippen LogP contribution < -0.4 is 0 Å². The fourth-order valence-corrected chi connectivity index (χ4v) is 2.57. The molecule has 1 N–H and O–H groups in total. The Hall–Kier alpha value is -1.51. The monoisotopic (exact) mass is 215 g/mol. The van der Waals surface area contributed by atoms with Crippen LogP contribution in [0, 0.1) is 5.92 Å². The van der Waals surface area contributed by atoms with Gasteiger partial charge in [-0.1, -0.05) is 6.07 Å². The molecule has 1 aliphatic carbocycles. The smallest absolute Gasteiger partial charge is 0.0520 e. The van der Waals surface area contributed by atoms with Crippen molar-refractivity contribution >= 4 is 0 Å². The van der Waals surface area contributed by atoms with E-state index in [0.717, 1.165) is 12.3 Å². The lowest BCUT2D eigenvalue weighted by atomic mass is 9.84. The van der Waals surface area contributed by atoms with Crippen molar-refractivity contribution in [2.45, 2.75) is 25.7 Å². The maximum absolute atomic E-state index is 4.49. The molecule has 2 heterocycles. The number of aromatic nitrogens is 3. The van der Waals surface area contributed by atoms with Crippen LogP contribution in [0.4, 0.5) is 0 Å². The zero-order chi connectivity index (χ0) is 11.0. The van der Waals surface area contributed by atoms with Crippen molar-refractivity contribution in [3.63, 3.8) is 0 Å². The third-order valence-corrected chi connectivity index (χ3v) is 3.64. The molecule has 0 spiro atoms. The molecule has 3 rings (SSSR count). The summed E-state index contributed by atoms with van der Waals surface area (Å²) in [4.78, 5) is 4.49. The maximum Gasteiger partial charge on any atom is 0.0520 e. The van der Waals surface area contributed by atoms with E-state index in [1.807, 2.05) is 12.3 Å². The summed E-state index contributed by atoms with van der Waals surface area (Å²) >= 11 is 0. The predicted octanol–water partition coefficient (Wildman–Crippen LogP) is 2.10. The van der Waals surface area contributed by atoms with Crippen LogP contribution in [-0.2, 0) is 26.3 Å². The molecule has 0 saturated heterocycles. The topological polar surface area (TPSA) is 33.6 Å². The lowest BCUT2D eigenvalue weighted by Crippen LogP contribution is -2.21. The molecule has 2 aromatic rings. The molecule has 1 unspecified atom stereocenters. The third-order valence-electron chi connectivity index (χ3n) is 3.64. The van der Waals surface area contributed by atoms with E-state index in [4.69, 9.17) is 0 Å². The number of nitrogens with zero attached hydrogens (tertiary/aromatic N) is 2. The number of aromatic amines is 1. The van der Waals surface area contributed by atoms with E-state index in [9.17, 15) is 0 Å². The van der Waals surface area contributed by atoms with Gasteiger partial charge in [-0.2, -0.15) is 0 Å². The number of hydrogen-bond acceptors (Lipinski definition) is 1. The molecule has 0 bridgehead atoms. The molecule has 0 aliphatic heterocycles. The first kappa shape index (κ1) is 9.70. The van der Waals surface area contributed by atoms with E-state index in [2.05, 4.69) is 34.1 Å². The van der Waals surface area contributed by atoms with E-state index in [1.165, 1.54) is 36.2 Å². The Labute approximate surface area is 95.5 Å². The predicted molar refractivity (Wildman–Crippen MR) is 63.2 cm³/mol. The zero-order valence-electron chi connectivity index (χ0n) is 9.61. The lowest BCUT2D eigenvalue weighted by molar-refractivity contribution is 0.424. The van der Waals surface area contributed by atoms with Crippen molar-refractivity contribution in [1.82, 2.24) is 14.8 Å². The second-order valence-corrected chi connectivity index (χ2v) is 4.75. The average Bonchev–Trinajstić information content (AvgIpc) is 2.34. The summed E-state index contributed by atoms with van der Waals surface area (Å²) in [7, 11) is 2.07. The minimum absolute atomic E-state index is 0.762. The van der Waals surface area contributed by atoms with E-state index >= 15 is 0 Å². The number of H-pyrrole nitrogens is 1. The van der Waals surface area contributed by atoms with Gasteiger partial charge in [-0.05, 0) is 43.2 Å². The van der Waals surface area contributed by atoms with E-state index in [-0.39, 0.29) is 0 Å². The van der Waals surface area contributed by atoms with Crippen LogP contribution >= 0.6 is 0 Å². The Morgan fingerprint density at radius 1 is 1.56 bits per heavy atom. The molecule has 0 amide bonds. The van der Waals surface area contributed by atoms with Crippen molar-refractivity contribution in [2.75, 3.05) is 0 Å². The van der Waals surface area contributed by atoms with Crippen molar-refractivity contribution in [3.8, 4) is 0 Å². The molecule has 0 radical (unpaired) electrons. The Balaban J connectivity index is 1.72. The van der Waals surface area contributed by atoms with Crippen molar-refractivity contribution in [2.24, 2.45) is 13.0 Å². The minimum Gasteiger partial charge on any atom is -0.304 e. The Kier molecular flexibility index (Phi) is 2.31. The van der Waals surface area contributed by atoms with Crippen LogP contribution in [0.5, 0.6) is 0 Å². The normalized spacial score (nSPS) is 19.7. The van der Waals surface area contributed by atoms with Crippen molar-refractivity contribution in [1.29, 1.82) is 0 Å². The van der Waals surface area contributed by atoms with Gasteiger partial charge in [0, 0.05) is 25.1 Å². The lowest BCUT2D eigenvalue weighted by Gasteiger charge is -2.25. The molecule has 16 heavy (non-hydrogen) atoms. The van der Waals surface area contributed by atoms with Gasteiger partial charge in [0.25, 0.3) is 0 Å². The summed E-state index contributed by atoms with van der Waals surface area (Å²) < 4.78 is 2.11. The highest BCUT2D eigenvalue weighted by atomic mass is 15.3. The van der Waals surface area contributed by atoms with Gasteiger partial charge in [0.1, 0.15) is 0 Å². The average molecular weight is 215 g/mol. The molecule has 0 fully saturated rings. The van der Waals surface area contributed by atoms with Gasteiger partial charge in [0.05, 0.1) is 5.69 Å². The van der Waals surface area contributed by atoms with Crippen LogP contribution in [0.3, 0.4) is 0 Å². The number of fused-ring (bicyclic) bond motifs is 1. The highest BCUT2D eigenvalue weighted by Gasteiger charge is 2.20. The Morgan fingerprint density at radius 2 is 2.50 bits per heavy atom. The Bertz CT molecular complexity index is 481. The van der Waals surface area contributed by atoms with Gasteiger partial charge >= 0.3 is 0 Å². The molecular weight excluding hydrogens is 198 g/mol. The molecule has 0 aromatic carbocycles. The van der Waals surface area contributed by atoms with Gasteiger partial charge in [-0.3, -0.25) is 9.67 Å². The zero-order valence-corrected chi connectivity index (χ0v) is 9.61. The third kappa shape index (κ3) is 1.66. The number of rotatable bonds is 2. The molecule has 3 nitrogen and oxygen atoms in total. The second kappa shape index (κ2) is 3.81. The van der Waals surface area contributed by atoms with Gasteiger partial charge < -0.3 is 5.10 Å². The maximum atomic E-state index is 4.49. The van der Waals surface area contributed by atoms with Crippen LogP contribution in [0.25, 0.3) is 0 Å². The minimum atomic E-state index is 0.762. The summed E-state index contributed by atoms with van der Waals surface area (Å²) in [6.07, 6.45) is 8.83. The summed E-state index contributed by atoms with van der Waals surface area (Å²) in [5.74, 6) is 0.762. The number of aryl methyl sites for hydroxylation is 2. The molecule has 2 aromatic heterocycles. The first-order valence-corrected chi connectivity index (χ1v) is 5.94. The second-order valence-electron chi connectivity index (χ2n) is 4.75. The van der Waals surface area contributed by atoms with E-state index in [0.29, 0.717) is 0 Å². The highest BCUT2D eigenvalue weighted by Crippen LogP contribution is 2.26. The van der Waals surface area contributed by atoms with Crippen LogP contribution in [0.15, 0.2) is 24.5 Å². The van der Waals surface area contributed by atoms with Gasteiger partial charge in [-0.15, -0.1) is 0 Å². The largest absolute Gasteiger partial charge is 0.304 e. The van der Waals surface area contributed by atoms with Crippen molar-refractivity contribution < 1.29 is 0 Å². The van der Waals surface area contributed by atoms with Crippen LogP contribution in [0.2, 0.25) is 0 Å². The summed E-state index contributed by atoms with van der Waals surface area (Å²) in [6.45, 7) is 0. The molecule has 3 heteroatoms. The first-order chi connectivity index (χ1) is 7.83. The first-order valence-electron chi connectivity index (χ1n) is 5.94. The molecular formula is C13H17N3. The van der Waals surface area contributed by atoms with E-state index < -0.39 is 0 Å². The molecule has 84 valence electrons. The fraction of sp³-hybridized carbons (Fsp3) is 0.462. The van der Waals surface area contributed by atoms with Crippen LogP contribution in [-0.4, -0.2) is 14.8 Å². The SMILES string of the molecule is Cn1[nH]cc1CC1CCc2cccnc2C1. The quantitative estimate of drug-likeness (QED) is 0.817. The Morgan fingerprint density at radius 3 is 3.25 bits per heavy atom. The standard InChI is InChI=1S/C13H17N3/c1-16-12(9-15-16)7-10-4-5-11-3-2-6-14-13(11)8-10/h2-3,6,9-10,15H,4-5,7-8H2,1H3. The number of nitrogens with one attached hydrogen (secondary N) is 1. The summed E-state index contributed by atoms with van der Waals surface area (Å²) in [5.41, 5.74) is 4.19. The van der Waals surface area contributed by atoms with E-state index in [1.54, 1.807) is 0 Å². The van der Waals surface area contributed by atoms with Gasteiger partial charge in [0.15, 0.2) is 0 Å². The molecule has 0 saturated carbocycles.